The van der Waals surface area contributed by atoms with Gasteiger partial charge in [-0.1, -0.05) is 0 Å². The minimum absolute atomic E-state index is 0.243. The van der Waals surface area contributed by atoms with Crippen LogP contribution in [-0.2, 0) is 0 Å². The third kappa shape index (κ3) is 48.5. The lowest BCUT2D eigenvalue weighted by molar-refractivity contribution is -0.742. The quantitative estimate of drug-likeness (QED) is 0.175. The molecule has 0 atom stereocenters. The Balaban J connectivity index is 0. The molecule has 0 saturated heterocycles. The first-order chi connectivity index (χ1) is 4.79. The van der Waals surface area contributed by atoms with Gasteiger partial charge in [-0.05, 0) is 7.05 Å². The van der Waals surface area contributed by atoms with Crippen molar-refractivity contribution in [1.29, 1.82) is 0 Å². The molecule has 0 aliphatic rings. The number of hydrogen-bond acceptors (Lipinski definition) is 6. The maximum Gasteiger partial charge on any atom is 0.291 e. The normalized spacial score (nSPS) is 9.82. The summed E-state index contributed by atoms with van der Waals surface area (Å²) < 4.78 is 0. The molecule has 0 spiro atoms. The summed E-state index contributed by atoms with van der Waals surface area (Å²) in [6, 6.07) is 0. The van der Waals surface area contributed by atoms with Crippen LogP contribution in [0.2, 0.25) is 0 Å². The molecule has 0 aliphatic heterocycles. The van der Waals surface area contributed by atoms with Crippen LogP contribution in [-0.4, -0.2) is 45.2 Å². The van der Waals surface area contributed by atoms with E-state index in [4.69, 9.17) is 30.6 Å². The van der Waals surface area contributed by atoms with Gasteiger partial charge in [-0.3, -0.25) is 0 Å². The zero-order valence-corrected chi connectivity index (χ0v) is 5.76. The van der Waals surface area contributed by atoms with Crippen molar-refractivity contribution in [3.63, 3.8) is 0 Å². The van der Waals surface area contributed by atoms with E-state index in [-0.39, 0.29) is 6.54 Å². The van der Waals surface area contributed by atoms with Gasteiger partial charge in [0.25, 0.3) is 11.1 Å². The summed E-state index contributed by atoms with van der Waals surface area (Å²) in [5.41, 5.74) is 0. The van der Waals surface area contributed by atoms with Gasteiger partial charge in [0.05, 0.1) is 6.54 Å². The van der Waals surface area contributed by atoms with E-state index in [9.17, 15) is 0 Å². The summed E-state index contributed by atoms with van der Waals surface area (Å²) in [6.07, 6.45) is 0. The van der Waals surface area contributed by atoms with Gasteiger partial charge in [-0.25, -0.2) is 0 Å². The first kappa shape index (κ1) is 12.7. The zero-order chi connectivity index (χ0) is 9.49. The standard InChI is InChI=1S/C3H9NO3.HNO3/c1-4-2-3(5,6)7;2-1(3)4/h4-7H,2H2,1H3;(H,2,3,4). The minimum atomic E-state index is -2.56. The smallest absolute Gasteiger partial charge is 0.291 e. The molecule has 0 radical (unpaired) electrons. The topological polar surface area (TPSA) is 136 Å². The van der Waals surface area contributed by atoms with Crippen molar-refractivity contribution in [2.45, 2.75) is 5.97 Å². The molecule has 0 heterocycles. The molecule has 5 N–H and O–H groups in total. The maximum atomic E-state index is 8.36. The van der Waals surface area contributed by atoms with Gasteiger partial charge in [0.15, 0.2) is 0 Å². The number of aliphatic hydroxyl groups is 3. The molecular formula is C3H10N2O6. The molecule has 0 bridgehead atoms. The highest BCUT2D eigenvalue weighted by Gasteiger charge is 2.14. The van der Waals surface area contributed by atoms with Crippen molar-refractivity contribution in [3.05, 3.63) is 10.1 Å². The van der Waals surface area contributed by atoms with Gasteiger partial charge in [0.2, 0.25) is 0 Å². The number of rotatable bonds is 2. The van der Waals surface area contributed by atoms with E-state index in [1.807, 2.05) is 0 Å². The van der Waals surface area contributed by atoms with Crippen molar-refractivity contribution in [2.24, 2.45) is 0 Å². The van der Waals surface area contributed by atoms with E-state index in [0.29, 0.717) is 0 Å². The molecule has 0 aromatic carbocycles. The second-order valence-electron chi connectivity index (χ2n) is 1.54. The van der Waals surface area contributed by atoms with E-state index in [2.05, 4.69) is 5.32 Å². The molecule has 0 saturated carbocycles. The van der Waals surface area contributed by atoms with Crippen molar-refractivity contribution in [1.82, 2.24) is 5.32 Å². The first-order valence-electron chi connectivity index (χ1n) is 2.44. The first-order valence-corrected chi connectivity index (χ1v) is 2.44. The number of hydrogen-bond donors (Lipinski definition) is 5. The van der Waals surface area contributed by atoms with E-state index >= 15 is 0 Å². The van der Waals surface area contributed by atoms with Gasteiger partial charge < -0.3 is 25.8 Å². The molecule has 0 unspecified atom stereocenters. The molecule has 8 nitrogen and oxygen atoms in total. The minimum Gasteiger partial charge on any atom is -0.343 e. The van der Waals surface area contributed by atoms with E-state index < -0.39 is 11.1 Å². The molecule has 11 heavy (non-hydrogen) atoms. The third-order valence-corrected chi connectivity index (χ3v) is 0.414. The monoisotopic (exact) mass is 170 g/mol. The summed E-state index contributed by atoms with van der Waals surface area (Å²) in [5.74, 6) is -2.56. The summed E-state index contributed by atoms with van der Waals surface area (Å²) in [7, 11) is 1.50. The third-order valence-electron chi connectivity index (χ3n) is 0.414. The van der Waals surface area contributed by atoms with Crippen LogP contribution < -0.4 is 5.32 Å². The Morgan fingerprint density at radius 1 is 1.55 bits per heavy atom. The van der Waals surface area contributed by atoms with Crippen molar-refractivity contribution in [2.75, 3.05) is 13.6 Å². The SMILES string of the molecule is CNCC(O)(O)O.O=[N+]([O-])O. The molecule has 0 aliphatic carbocycles. The fraction of sp³-hybridized carbons (Fsp3) is 1.00. The van der Waals surface area contributed by atoms with Crippen molar-refractivity contribution < 1.29 is 25.6 Å². The molecule has 0 aromatic rings. The Labute approximate surface area is 61.8 Å². The van der Waals surface area contributed by atoms with E-state index in [1.54, 1.807) is 0 Å². The van der Waals surface area contributed by atoms with Crippen LogP contribution in [0.3, 0.4) is 0 Å². The van der Waals surface area contributed by atoms with Crippen LogP contribution in [0, 0.1) is 10.1 Å². The lowest BCUT2D eigenvalue weighted by Crippen LogP contribution is -2.38. The molecule has 0 amide bonds. The van der Waals surface area contributed by atoms with Crippen LogP contribution in [0.1, 0.15) is 0 Å². The molecule has 0 aromatic heterocycles. The summed E-state index contributed by atoms with van der Waals surface area (Å²) in [5, 5.41) is 40.2. The van der Waals surface area contributed by atoms with Gasteiger partial charge in [0.1, 0.15) is 0 Å². The van der Waals surface area contributed by atoms with Gasteiger partial charge >= 0.3 is 0 Å². The predicted molar refractivity (Wildman–Crippen MR) is 32.1 cm³/mol. The highest BCUT2D eigenvalue weighted by molar-refractivity contribution is 4.46. The Bertz CT molecular complexity index is 105. The molecule has 68 valence electrons. The number of likely N-dealkylation sites (N-methyl/N-ethyl adjacent to an activating group) is 1. The Morgan fingerprint density at radius 3 is 1.82 bits per heavy atom. The lowest BCUT2D eigenvalue weighted by atomic mass is 10.6. The van der Waals surface area contributed by atoms with Crippen LogP contribution in [0.5, 0.6) is 0 Å². The average molecular weight is 170 g/mol. The van der Waals surface area contributed by atoms with Crippen molar-refractivity contribution >= 4 is 0 Å². The molecule has 8 heteroatoms. The highest BCUT2D eigenvalue weighted by atomic mass is 16.9. The van der Waals surface area contributed by atoms with Gasteiger partial charge in [-0.2, -0.15) is 0 Å². The maximum absolute atomic E-state index is 8.36. The fourth-order valence-corrected chi connectivity index (χ4v) is 0.237. The van der Waals surface area contributed by atoms with Crippen LogP contribution in [0.25, 0.3) is 0 Å². The summed E-state index contributed by atoms with van der Waals surface area (Å²) >= 11 is 0. The summed E-state index contributed by atoms with van der Waals surface area (Å²) in [6.45, 7) is -0.243. The Hall–Kier alpha value is -0.960. The van der Waals surface area contributed by atoms with Crippen LogP contribution in [0.4, 0.5) is 0 Å². The number of nitrogens with zero attached hydrogens (tertiary/aromatic N) is 1. The van der Waals surface area contributed by atoms with Gasteiger partial charge in [0, 0.05) is 0 Å². The predicted octanol–water partition coefficient (Wildman–Crippen LogP) is -2.51. The molecule has 0 fully saturated rings. The zero-order valence-electron chi connectivity index (χ0n) is 5.76. The highest BCUT2D eigenvalue weighted by Crippen LogP contribution is 1.85. The van der Waals surface area contributed by atoms with E-state index in [1.165, 1.54) is 7.05 Å². The van der Waals surface area contributed by atoms with Crippen molar-refractivity contribution in [3.8, 4) is 0 Å². The largest absolute Gasteiger partial charge is 0.343 e. The lowest BCUT2D eigenvalue weighted by Gasteiger charge is -2.11. The fourth-order valence-electron chi connectivity index (χ4n) is 0.237. The summed E-state index contributed by atoms with van der Waals surface area (Å²) in [4.78, 5) is 8.36. The Kier molecular flexibility index (Phi) is 6.69. The van der Waals surface area contributed by atoms with E-state index in [0.717, 1.165) is 0 Å². The van der Waals surface area contributed by atoms with Crippen LogP contribution in [0.15, 0.2) is 0 Å². The van der Waals surface area contributed by atoms with Gasteiger partial charge in [-0.15, -0.1) is 10.1 Å². The number of nitrogens with one attached hydrogen (secondary N) is 1. The second-order valence-corrected chi connectivity index (χ2v) is 1.54. The Morgan fingerprint density at radius 2 is 1.82 bits per heavy atom. The molecule has 0 rings (SSSR count). The van der Waals surface area contributed by atoms with Crippen LogP contribution >= 0.6 is 0 Å². The second kappa shape index (κ2) is 5.80. The molecular weight excluding hydrogens is 160 g/mol. The average Bonchev–Trinajstić information content (AvgIpc) is 1.58.